The second-order valence-corrected chi connectivity index (χ2v) is 9.18. The Morgan fingerprint density at radius 3 is 2.77 bits per heavy atom. The number of aromatic nitrogens is 3. The molecule has 3 heterocycles. The minimum absolute atomic E-state index is 0.546. The van der Waals surface area contributed by atoms with E-state index in [0.29, 0.717) is 24.8 Å². The molecule has 0 aliphatic carbocycles. The number of aldehydes is 1. The maximum absolute atomic E-state index is 10.8. The van der Waals surface area contributed by atoms with Crippen LogP contribution in [0.4, 0.5) is 17.5 Å². The van der Waals surface area contributed by atoms with E-state index in [1.807, 2.05) is 37.5 Å². The maximum atomic E-state index is 10.8. The predicted octanol–water partition coefficient (Wildman–Crippen LogP) is 3.87. The number of nitrogens with zero attached hydrogens (tertiary/aromatic N) is 5. The fraction of sp³-hybridized carbons (Fsp3) is 0.407. The Morgan fingerprint density at radius 1 is 1.17 bits per heavy atom. The van der Waals surface area contributed by atoms with Gasteiger partial charge in [-0.1, -0.05) is 12.1 Å². The molecule has 8 heteroatoms. The minimum Gasteiger partial charge on any atom is -0.360 e. The van der Waals surface area contributed by atoms with E-state index in [9.17, 15) is 4.79 Å². The van der Waals surface area contributed by atoms with Gasteiger partial charge in [-0.2, -0.15) is 0 Å². The molecule has 1 saturated heterocycles. The zero-order valence-corrected chi connectivity index (χ0v) is 20.4. The summed E-state index contributed by atoms with van der Waals surface area (Å²) in [4.78, 5) is 29.0. The summed E-state index contributed by atoms with van der Waals surface area (Å²) < 4.78 is 0. The first kappa shape index (κ1) is 24.8. The first-order valence-electron chi connectivity index (χ1n) is 12.4. The Hall–Kier alpha value is -3.36. The quantitative estimate of drug-likeness (QED) is 0.405. The summed E-state index contributed by atoms with van der Waals surface area (Å²) in [6, 6.07) is 14.3. The predicted molar refractivity (Wildman–Crippen MR) is 141 cm³/mol. The van der Waals surface area contributed by atoms with Gasteiger partial charge in [0.15, 0.2) is 0 Å². The van der Waals surface area contributed by atoms with Crippen LogP contribution in [-0.4, -0.2) is 59.4 Å². The fourth-order valence-electron chi connectivity index (χ4n) is 4.44. The standard InChI is InChI=1S/C27H35N7O/c1-33(14-3-12-28)26-7-6-23(19-30-26)25-8-13-29-27(32-25)31-24-5-2-4-22(18-24)20-34-15-9-21(10-16-34)11-17-35/h2,4-8,13,17-19,21H,3,9-12,14-16,20,28H2,1H3,(H,29,31,32). The number of nitrogens with two attached hydrogens (primary N) is 1. The summed E-state index contributed by atoms with van der Waals surface area (Å²) in [6.45, 7) is 4.53. The zero-order chi connectivity index (χ0) is 24.5. The van der Waals surface area contributed by atoms with E-state index in [4.69, 9.17) is 10.7 Å². The third kappa shape index (κ3) is 7.07. The monoisotopic (exact) mass is 473 g/mol. The van der Waals surface area contributed by atoms with Crippen molar-refractivity contribution in [1.82, 2.24) is 19.9 Å². The molecule has 1 fully saturated rings. The number of pyridine rings is 1. The van der Waals surface area contributed by atoms with Crippen molar-refractivity contribution in [2.75, 3.05) is 43.4 Å². The Kier molecular flexibility index (Phi) is 8.75. The van der Waals surface area contributed by atoms with E-state index in [1.54, 1.807) is 6.20 Å². The molecule has 1 aliphatic rings. The molecular weight excluding hydrogens is 438 g/mol. The van der Waals surface area contributed by atoms with Gasteiger partial charge < -0.3 is 20.7 Å². The lowest BCUT2D eigenvalue weighted by atomic mass is 9.94. The Bertz CT molecular complexity index is 1080. The van der Waals surface area contributed by atoms with E-state index in [0.717, 1.165) is 74.5 Å². The van der Waals surface area contributed by atoms with E-state index in [2.05, 4.69) is 43.3 Å². The second kappa shape index (κ2) is 12.4. The van der Waals surface area contributed by atoms with Crippen LogP contribution in [0.2, 0.25) is 0 Å². The maximum Gasteiger partial charge on any atom is 0.227 e. The van der Waals surface area contributed by atoms with Crippen molar-refractivity contribution in [2.45, 2.75) is 32.2 Å². The van der Waals surface area contributed by atoms with Crippen molar-refractivity contribution in [3.63, 3.8) is 0 Å². The number of benzene rings is 1. The molecule has 0 atom stereocenters. The molecular formula is C27H35N7O. The molecule has 35 heavy (non-hydrogen) atoms. The third-order valence-corrected chi connectivity index (χ3v) is 6.51. The largest absolute Gasteiger partial charge is 0.360 e. The van der Waals surface area contributed by atoms with Crippen LogP contribution in [0.15, 0.2) is 54.9 Å². The van der Waals surface area contributed by atoms with Gasteiger partial charge >= 0.3 is 0 Å². The van der Waals surface area contributed by atoms with Crippen molar-refractivity contribution < 1.29 is 4.79 Å². The molecule has 0 spiro atoms. The molecule has 0 unspecified atom stereocenters. The van der Waals surface area contributed by atoms with E-state index in [-0.39, 0.29) is 0 Å². The van der Waals surface area contributed by atoms with Gasteiger partial charge in [-0.3, -0.25) is 4.90 Å². The highest BCUT2D eigenvalue weighted by molar-refractivity contribution is 5.62. The van der Waals surface area contributed by atoms with Crippen molar-refractivity contribution in [1.29, 1.82) is 0 Å². The van der Waals surface area contributed by atoms with Gasteiger partial charge in [-0.25, -0.2) is 15.0 Å². The van der Waals surface area contributed by atoms with Crippen molar-refractivity contribution >= 4 is 23.7 Å². The third-order valence-electron chi connectivity index (χ3n) is 6.51. The van der Waals surface area contributed by atoms with Gasteiger partial charge in [-0.15, -0.1) is 0 Å². The van der Waals surface area contributed by atoms with Gasteiger partial charge in [0.1, 0.15) is 12.1 Å². The van der Waals surface area contributed by atoms with Gasteiger partial charge in [0.05, 0.1) is 5.69 Å². The van der Waals surface area contributed by atoms with Crippen LogP contribution in [0.3, 0.4) is 0 Å². The van der Waals surface area contributed by atoms with Crippen LogP contribution in [0, 0.1) is 5.92 Å². The second-order valence-electron chi connectivity index (χ2n) is 9.18. The number of anilines is 3. The molecule has 1 aromatic carbocycles. The minimum atomic E-state index is 0.546. The molecule has 2 aromatic heterocycles. The van der Waals surface area contributed by atoms with E-state index in [1.165, 1.54) is 5.56 Å². The van der Waals surface area contributed by atoms with Crippen LogP contribution in [0.5, 0.6) is 0 Å². The SMILES string of the molecule is CN(CCCN)c1ccc(-c2ccnc(Nc3cccc(CN4CCC(CC=O)CC4)c3)n2)cn1. The molecule has 1 aliphatic heterocycles. The highest BCUT2D eigenvalue weighted by atomic mass is 16.1. The van der Waals surface area contributed by atoms with Crippen molar-refractivity contribution in [3.05, 3.63) is 60.4 Å². The first-order chi connectivity index (χ1) is 17.1. The lowest BCUT2D eigenvalue weighted by Gasteiger charge is -2.31. The topological polar surface area (TPSA) is 100 Å². The summed E-state index contributed by atoms with van der Waals surface area (Å²) in [7, 11) is 2.02. The number of hydrogen-bond acceptors (Lipinski definition) is 8. The number of carbonyl (C=O) groups is 1. The zero-order valence-electron chi connectivity index (χ0n) is 20.4. The molecule has 3 N–H and O–H groups in total. The highest BCUT2D eigenvalue weighted by Gasteiger charge is 2.18. The van der Waals surface area contributed by atoms with Crippen molar-refractivity contribution in [2.24, 2.45) is 11.7 Å². The molecule has 0 amide bonds. The molecule has 0 saturated carbocycles. The first-order valence-corrected chi connectivity index (χ1v) is 12.4. The average Bonchev–Trinajstić information content (AvgIpc) is 2.89. The summed E-state index contributed by atoms with van der Waals surface area (Å²) >= 11 is 0. The lowest BCUT2D eigenvalue weighted by Crippen LogP contribution is -2.33. The molecule has 3 aromatic rings. The van der Waals surface area contributed by atoms with Crippen molar-refractivity contribution in [3.8, 4) is 11.3 Å². The molecule has 0 radical (unpaired) electrons. The Balaban J connectivity index is 1.38. The van der Waals surface area contributed by atoms with Gasteiger partial charge in [0.2, 0.25) is 5.95 Å². The number of rotatable bonds is 11. The molecule has 4 rings (SSSR count). The van der Waals surface area contributed by atoms with Gasteiger partial charge in [0.25, 0.3) is 0 Å². The molecule has 0 bridgehead atoms. The van der Waals surface area contributed by atoms with Crippen LogP contribution < -0.4 is 16.0 Å². The van der Waals surface area contributed by atoms with Crippen LogP contribution in [0.25, 0.3) is 11.3 Å². The summed E-state index contributed by atoms with van der Waals surface area (Å²) in [5, 5.41) is 3.35. The highest BCUT2D eigenvalue weighted by Crippen LogP contribution is 2.24. The number of nitrogens with one attached hydrogen (secondary N) is 1. The van der Waals surface area contributed by atoms with Gasteiger partial charge in [-0.05, 0) is 80.7 Å². The van der Waals surface area contributed by atoms with Crippen LogP contribution >= 0.6 is 0 Å². The normalized spacial score (nSPS) is 14.6. The number of likely N-dealkylation sites (tertiary alicyclic amines) is 1. The summed E-state index contributed by atoms with van der Waals surface area (Å²) in [5.74, 6) is 2.02. The molecule has 184 valence electrons. The van der Waals surface area contributed by atoms with Gasteiger partial charge in [0, 0.05) is 50.2 Å². The lowest BCUT2D eigenvalue weighted by molar-refractivity contribution is -0.108. The number of piperidine rings is 1. The average molecular weight is 474 g/mol. The van der Waals surface area contributed by atoms with E-state index < -0.39 is 0 Å². The van der Waals surface area contributed by atoms with Crippen LogP contribution in [-0.2, 0) is 11.3 Å². The number of hydrogen-bond donors (Lipinski definition) is 2. The smallest absolute Gasteiger partial charge is 0.227 e. The summed E-state index contributed by atoms with van der Waals surface area (Å²) in [6.07, 6.45) is 8.48. The Labute approximate surface area is 207 Å². The fourth-order valence-corrected chi connectivity index (χ4v) is 4.44. The van der Waals surface area contributed by atoms with Crippen LogP contribution in [0.1, 0.15) is 31.2 Å². The summed E-state index contributed by atoms with van der Waals surface area (Å²) in [5.41, 5.74) is 9.58. The number of carbonyl (C=O) groups excluding carboxylic acids is 1. The molecule has 8 nitrogen and oxygen atoms in total. The Morgan fingerprint density at radius 2 is 2.03 bits per heavy atom. The van der Waals surface area contributed by atoms with E-state index >= 15 is 0 Å².